The van der Waals surface area contributed by atoms with Gasteiger partial charge in [-0.3, -0.25) is 19.4 Å². The van der Waals surface area contributed by atoms with Crippen molar-refractivity contribution in [1.82, 2.24) is 14.7 Å². The molecule has 1 fully saturated rings. The molecule has 1 saturated heterocycles. The maximum Gasteiger partial charge on any atom is 0.277 e. The molecule has 33 heavy (non-hydrogen) atoms. The van der Waals surface area contributed by atoms with Crippen LogP contribution in [-0.4, -0.2) is 72.5 Å². The molecule has 0 N–H and O–H groups in total. The van der Waals surface area contributed by atoms with Crippen LogP contribution in [0.2, 0.25) is 0 Å². The van der Waals surface area contributed by atoms with Crippen molar-refractivity contribution < 1.29 is 18.7 Å². The van der Waals surface area contributed by atoms with Gasteiger partial charge >= 0.3 is 0 Å². The Balaban J connectivity index is 1.40. The Morgan fingerprint density at radius 1 is 0.848 bits per heavy atom. The molecular formula is C26H28FN3O3. The minimum Gasteiger partial charge on any atom is -0.379 e. The maximum atomic E-state index is 13.6. The van der Waals surface area contributed by atoms with Crippen LogP contribution in [0.4, 0.5) is 4.39 Å². The molecule has 7 heteroatoms. The third kappa shape index (κ3) is 4.43. The highest BCUT2D eigenvalue weighted by molar-refractivity contribution is 6.35. The summed E-state index contributed by atoms with van der Waals surface area (Å²) >= 11 is 0. The fourth-order valence-corrected chi connectivity index (χ4v) is 4.90. The Kier molecular flexibility index (Phi) is 6.24. The summed E-state index contributed by atoms with van der Waals surface area (Å²) in [5, 5.41) is 0. The second-order valence-electron chi connectivity index (χ2n) is 8.74. The number of ether oxygens (including phenoxy) is 1. The Bertz CT molecular complexity index is 1080. The number of nitrogens with zero attached hydrogens (tertiary/aromatic N) is 3. The number of morpholine rings is 1. The van der Waals surface area contributed by atoms with Gasteiger partial charge in [0.05, 0.1) is 18.8 Å². The molecule has 0 aromatic heterocycles. The first kappa shape index (κ1) is 21.8. The van der Waals surface area contributed by atoms with Crippen molar-refractivity contribution in [1.29, 1.82) is 0 Å². The first-order valence-electron chi connectivity index (χ1n) is 11.6. The normalized spacial score (nSPS) is 19.4. The summed E-state index contributed by atoms with van der Waals surface area (Å²) in [5.41, 5.74) is 3.84. The van der Waals surface area contributed by atoms with Crippen molar-refractivity contribution >= 4 is 17.4 Å². The summed E-state index contributed by atoms with van der Waals surface area (Å²) in [6.45, 7) is 5.62. The molecule has 0 bridgehead atoms. The van der Waals surface area contributed by atoms with Crippen molar-refractivity contribution in [2.75, 3.05) is 45.9 Å². The number of benzene rings is 2. The molecule has 3 aliphatic rings. The van der Waals surface area contributed by atoms with Gasteiger partial charge < -0.3 is 9.64 Å². The highest BCUT2D eigenvalue weighted by atomic mass is 19.1. The zero-order valence-electron chi connectivity index (χ0n) is 18.6. The van der Waals surface area contributed by atoms with Crippen molar-refractivity contribution in [3.8, 4) is 0 Å². The predicted octanol–water partition coefficient (Wildman–Crippen LogP) is 2.69. The van der Waals surface area contributed by atoms with Crippen LogP contribution >= 0.6 is 0 Å². The number of amides is 2. The number of halogens is 1. The maximum absolute atomic E-state index is 13.6. The molecule has 5 rings (SSSR count). The van der Waals surface area contributed by atoms with Crippen LogP contribution in [0.5, 0.6) is 0 Å². The molecule has 2 aromatic carbocycles. The molecule has 2 aromatic rings. The van der Waals surface area contributed by atoms with Crippen molar-refractivity contribution in [2.45, 2.75) is 19.4 Å². The van der Waals surface area contributed by atoms with E-state index in [1.54, 1.807) is 12.1 Å². The number of hydrogen-bond acceptors (Lipinski definition) is 5. The summed E-state index contributed by atoms with van der Waals surface area (Å²) in [4.78, 5) is 32.7. The van der Waals surface area contributed by atoms with Gasteiger partial charge in [-0.25, -0.2) is 4.39 Å². The van der Waals surface area contributed by atoms with Crippen LogP contribution in [0.3, 0.4) is 0 Å². The van der Waals surface area contributed by atoms with Crippen molar-refractivity contribution in [2.24, 2.45) is 0 Å². The molecule has 172 valence electrons. The average Bonchev–Trinajstić information content (AvgIpc) is 3.10. The number of imide groups is 1. The lowest BCUT2D eigenvalue weighted by molar-refractivity contribution is -0.137. The lowest BCUT2D eigenvalue weighted by Gasteiger charge is -2.31. The van der Waals surface area contributed by atoms with E-state index in [4.69, 9.17) is 4.74 Å². The number of fused-ring (bicyclic) bond motifs is 1. The summed E-state index contributed by atoms with van der Waals surface area (Å²) in [6, 6.07) is 14.1. The molecule has 6 nitrogen and oxygen atoms in total. The minimum atomic E-state index is -0.369. The minimum absolute atomic E-state index is 0.249. The lowest BCUT2D eigenvalue weighted by Crippen LogP contribution is -2.40. The van der Waals surface area contributed by atoms with E-state index in [1.165, 1.54) is 28.2 Å². The third-order valence-corrected chi connectivity index (χ3v) is 6.68. The van der Waals surface area contributed by atoms with Gasteiger partial charge in [0, 0.05) is 39.3 Å². The van der Waals surface area contributed by atoms with Crippen molar-refractivity contribution in [3.05, 3.63) is 76.7 Å². The summed E-state index contributed by atoms with van der Waals surface area (Å²) < 4.78 is 19.0. The van der Waals surface area contributed by atoms with Crippen LogP contribution in [0.1, 0.15) is 23.1 Å². The Labute approximate surface area is 193 Å². The smallest absolute Gasteiger partial charge is 0.277 e. The van der Waals surface area contributed by atoms with Gasteiger partial charge in [0.2, 0.25) is 0 Å². The van der Waals surface area contributed by atoms with Crippen LogP contribution < -0.4 is 0 Å². The first-order valence-corrected chi connectivity index (χ1v) is 11.6. The van der Waals surface area contributed by atoms with Gasteiger partial charge in [-0.2, -0.15) is 0 Å². The van der Waals surface area contributed by atoms with Crippen molar-refractivity contribution in [3.63, 3.8) is 0 Å². The second-order valence-corrected chi connectivity index (χ2v) is 8.74. The fraction of sp³-hybridized carbons (Fsp3) is 0.385. The molecule has 3 aliphatic heterocycles. The number of carbonyl (C=O) groups is 2. The summed E-state index contributed by atoms with van der Waals surface area (Å²) in [6.07, 6.45) is 1.53. The van der Waals surface area contributed by atoms with E-state index < -0.39 is 0 Å². The monoisotopic (exact) mass is 449 g/mol. The first-order chi connectivity index (χ1) is 16.1. The van der Waals surface area contributed by atoms with Gasteiger partial charge in [0.15, 0.2) is 0 Å². The van der Waals surface area contributed by atoms with Gasteiger partial charge in [-0.15, -0.1) is 0 Å². The summed E-state index contributed by atoms with van der Waals surface area (Å²) in [7, 11) is 0. The second kappa shape index (κ2) is 9.45. The van der Waals surface area contributed by atoms with Crippen LogP contribution in [-0.2, 0) is 27.3 Å². The van der Waals surface area contributed by atoms with E-state index in [2.05, 4.69) is 17.0 Å². The molecule has 0 radical (unpaired) electrons. The topological polar surface area (TPSA) is 53.1 Å². The zero-order valence-corrected chi connectivity index (χ0v) is 18.6. The Hall–Kier alpha value is -3.03. The predicted molar refractivity (Wildman–Crippen MR) is 122 cm³/mol. The number of hydrogen-bond donors (Lipinski definition) is 0. The fourth-order valence-electron chi connectivity index (χ4n) is 4.90. The number of carbonyl (C=O) groups excluding carboxylic acids is 2. The molecule has 2 amide bonds. The van der Waals surface area contributed by atoms with E-state index in [1.807, 2.05) is 17.0 Å². The van der Waals surface area contributed by atoms with E-state index in [0.29, 0.717) is 42.9 Å². The standard InChI is InChI=1S/C26H28FN3O3/c27-22-8-6-20(7-9-22)23-24(29-13-10-19-4-1-2-5-21(19)18-29)26(32)30(25(23)31)12-3-11-28-14-16-33-17-15-28/h1-2,4-9H,3,10-18H2. The summed E-state index contributed by atoms with van der Waals surface area (Å²) in [5.74, 6) is -0.907. The third-order valence-electron chi connectivity index (χ3n) is 6.68. The van der Waals surface area contributed by atoms with Crippen LogP contribution in [0.25, 0.3) is 5.57 Å². The molecule has 0 spiro atoms. The zero-order chi connectivity index (χ0) is 22.8. The van der Waals surface area contributed by atoms with E-state index in [-0.39, 0.29) is 17.6 Å². The largest absolute Gasteiger partial charge is 0.379 e. The molecule has 0 saturated carbocycles. The Morgan fingerprint density at radius 3 is 2.33 bits per heavy atom. The van der Waals surface area contributed by atoms with E-state index in [0.717, 1.165) is 39.3 Å². The molecule has 0 atom stereocenters. The molecule has 0 aliphatic carbocycles. The van der Waals surface area contributed by atoms with E-state index >= 15 is 0 Å². The quantitative estimate of drug-likeness (QED) is 0.635. The van der Waals surface area contributed by atoms with E-state index in [9.17, 15) is 14.0 Å². The SMILES string of the molecule is O=C1C(c2ccc(F)cc2)=C(N2CCc3ccccc3C2)C(=O)N1CCCN1CCOCC1. The lowest BCUT2D eigenvalue weighted by atomic mass is 9.98. The van der Waals surface area contributed by atoms with Crippen LogP contribution in [0.15, 0.2) is 54.2 Å². The Morgan fingerprint density at radius 2 is 1.58 bits per heavy atom. The van der Waals surface area contributed by atoms with Gasteiger partial charge in [0.25, 0.3) is 11.8 Å². The van der Waals surface area contributed by atoms with Crippen LogP contribution in [0, 0.1) is 5.82 Å². The molecule has 3 heterocycles. The highest BCUT2D eigenvalue weighted by Crippen LogP contribution is 2.34. The average molecular weight is 450 g/mol. The highest BCUT2D eigenvalue weighted by Gasteiger charge is 2.41. The number of rotatable bonds is 6. The molecular weight excluding hydrogens is 421 g/mol. The van der Waals surface area contributed by atoms with Gasteiger partial charge in [-0.05, 0) is 41.7 Å². The van der Waals surface area contributed by atoms with Gasteiger partial charge in [0.1, 0.15) is 11.5 Å². The molecule has 0 unspecified atom stereocenters. The van der Waals surface area contributed by atoms with Gasteiger partial charge in [-0.1, -0.05) is 36.4 Å².